The van der Waals surface area contributed by atoms with Crippen molar-refractivity contribution in [1.82, 2.24) is 0 Å². The van der Waals surface area contributed by atoms with Gasteiger partial charge in [0.05, 0.1) is 0 Å². The minimum atomic E-state index is 0.319. The molecule has 2 aromatic carbocycles. The second kappa shape index (κ2) is 4.52. The maximum atomic E-state index is 10.5. The van der Waals surface area contributed by atoms with E-state index in [1.165, 1.54) is 0 Å². The number of fused-ring (bicyclic) bond motifs is 3. The number of rotatable bonds is 1. The fourth-order valence-electron chi connectivity index (χ4n) is 3.04. The van der Waals surface area contributed by atoms with E-state index in [2.05, 4.69) is 24.3 Å². The monoisotopic (exact) mass is 276 g/mol. The van der Waals surface area contributed by atoms with Crippen LogP contribution < -0.4 is 0 Å². The molecule has 0 saturated carbocycles. The van der Waals surface area contributed by atoms with Crippen molar-refractivity contribution in [3.05, 3.63) is 59.7 Å². The number of phenolic OH excluding ortho intramolecular Hbond substituents is 1. The van der Waals surface area contributed by atoms with Crippen LogP contribution in [0.3, 0.4) is 0 Å². The fraction of sp³-hybridized carbons (Fsp3) is 0.158. The van der Waals surface area contributed by atoms with E-state index in [4.69, 9.17) is 4.42 Å². The summed E-state index contributed by atoms with van der Waals surface area (Å²) in [5.74, 6) is 0.319. The number of para-hydroxylation sites is 1. The third-order valence-corrected chi connectivity index (χ3v) is 4.18. The minimum Gasteiger partial charge on any atom is -0.507 e. The first-order valence-electron chi connectivity index (χ1n) is 7.26. The molecule has 0 spiro atoms. The summed E-state index contributed by atoms with van der Waals surface area (Å²) in [7, 11) is 0. The molecule has 2 nitrogen and oxygen atoms in total. The lowest BCUT2D eigenvalue weighted by molar-refractivity contribution is 0.469. The van der Waals surface area contributed by atoms with Crippen molar-refractivity contribution in [3.8, 4) is 5.75 Å². The van der Waals surface area contributed by atoms with E-state index in [-0.39, 0.29) is 0 Å². The van der Waals surface area contributed by atoms with Crippen molar-refractivity contribution in [2.75, 3.05) is 0 Å². The Kier molecular flexibility index (Phi) is 2.64. The predicted octanol–water partition coefficient (Wildman–Crippen LogP) is 5.33. The highest BCUT2D eigenvalue weighted by atomic mass is 16.3. The molecule has 0 atom stereocenters. The first-order chi connectivity index (χ1) is 10.3. The Labute approximate surface area is 123 Å². The van der Waals surface area contributed by atoms with Gasteiger partial charge in [0.1, 0.15) is 16.9 Å². The molecule has 1 aliphatic rings. The van der Waals surface area contributed by atoms with Crippen LogP contribution in [0.2, 0.25) is 0 Å². The van der Waals surface area contributed by atoms with Gasteiger partial charge >= 0.3 is 0 Å². The van der Waals surface area contributed by atoms with E-state index in [9.17, 15) is 5.11 Å². The van der Waals surface area contributed by atoms with Crippen LogP contribution in [0, 0.1) is 6.92 Å². The van der Waals surface area contributed by atoms with Gasteiger partial charge in [0.2, 0.25) is 0 Å². The smallest absolute Gasteiger partial charge is 0.142 e. The number of hydrogen-bond acceptors (Lipinski definition) is 2. The summed E-state index contributed by atoms with van der Waals surface area (Å²) in [5, 5.41) is 12.7. The molecule has 0 fully saturated rings. The van der Waals surface area contributed by atoms with Gasteiger partial charge in [-0.3, -0.25) is 0 Å². The molecule has 104 valence electrons. The molecule has 21 heavy (non-hydrogen) atoms. The summed E-state index contributed by atoms with van der Waals surface area (Å²) in [6.07, 6.45) is 8.52. The zero-order valence-electron chi connectivity index (χ0n) is 11.9. The Bertz CT molecular complexity index is 910. The van der Waals surface area contributed by atoms with Crippen molar-refractivity contribution < 1.29 is 9.52 Å². The summed E-state index contributed by atoms with van der Waals surface area (Å²) in [6, 6.07) is 10.1. The fourth-order valence-corrected chi connectivity index (χ4v) is 3.04. The molecule has 0 amide bonds. The number of benzene rings is 2. The standard InChI is InChI=1S/C19H16O2/c1-12-18(20)15(13-7-3-2-4-8-13)11-16-14-9-5-6-10-17(14)21-19(12)16/h3,5-11,20H,2,4H2,1H3. The summed E-state index contributed by atoms with van der Waals surface area (Å²) in [6.45, 7) is 1.91. The van der Waals surface area contributed by atoms with Gasteiger partial charge in [-0.05, 0) is 37.5 Å². The topological polar surface area (TPSA) is 33.4 Å². The van der Waals surface area contributed by atoms with Gasteiger partial charge in [0, 0.05) is 21.9 Å². The van der Waals surface area contributed by atoms with Crippen LogP contribution in [0.1, 0.15) is 24.0 Å². The average molecular weight is 276 g/mol. The van der Waals surface area contributed by atoms with Gasteiger partial charge in [-0.25, -0.2) is 0 Å². The van der Waals surface area contributed by atoms with Crippen molar-refractivity contribution >= 4 is 27.5 Å². The largest absolute Gasteiger partial charge is 0.507 e. The van der Waals surface area contributed by atoms with Crippen molar-refractivity contribution in [2.24, 2.45) is 0 Å². The maximum Gasteiger partial charge on any atom is 0.142 e. The molecule has 4 rings (SSSR count). The molecular formula is C19H16O2. The van der Waals surface area contributed by atoms with Gasteiger partial charge in [0.15, 0.2) is 0 Å². The Hall–Kier alpha value is -2.48. The van der Waals surface area contributed by atoms with Crippen LogP contribution in [-0.2, 0) is 0 Å². The summed E-state index contributed by atoms with van der Waals surface area (Å²) in [4.78, 5) is 0. The highest BCUT2D eigenvalue weighted by molar-refractivity contribution is 6.08. The normalized spacial score (nSPS) is 14.8. The Morgan fingerprint density at radius 3 is 2.76 bits per heavy atom. The molecule has 2 heteroatoms. The number of phenols is 1. The van der Waals surface area contributed by atoms with E-state index in [0.717, 1.165) is 51.5 Å². The third kappa shape index (κ3) is 1.79. The van der Waals surface area contributed by atoms with E-state index in [0.29, 0.717) is 5.75 Å². The highest BCUT2D eigenvalue weighted by Crippen LogP contribution is 2.40. The Balaban J connectivity index is 2.08. The minimum absolute atomic E-state index is 0.319. The van der Waals surface area contributed by atoms with E-state index in [1.54, 1.807) is 0 Å². The molecule has 1 aliphatic carbocycles. The van der Waals surface area contributed by atoms with E-state index < -0.39 is 0 Å². The first-order valence-corrected chi connectivity index (χ1v) is 7.26. The van der Waals surface area contributed by atoms with Crippen molar-refractivity contribution in [1.29, 1.82) is 0 Å². The third-order valence-electron chi connectivity index (χ3n) is 4.18. The van der Waals surface area contributed by atoms with Crippen molar-refractivity contribution in [2.45, 2.75) is 19.8 Å². The predicted molar refractivity (Wildman–Crippen MR) is 86.5 cm³/mol. The number of furan rings is 1. The number of hydrogen-bond donors (Lipinski definition) is 1. The van der Waals surface area contributed by atoms with Gasteiger partial charge < -0.3 is 9.52 Å². The molecule has 1 aromatic heterocycles. The van der Waals surface area contributed by atoms with Crippen LogP contribution in [0.25, 0.3) is 27.5 Å². The second-order valence-corrected chi connectivity index (χ2v) is 5.51. The quantitative estimate of drug-likeness (QED) is 0.651. The summed E-state index contributed by atoms with van der Waals surface area (Å²) < 4.78 is 5.91. The summed E-state index contributed by atoms with van der Waals surface area (Å²) in [5.41, 5.74) is 4.42. The van der Waals surface area contributed by atoms with Gasteiger partial charge in [0.25, 0.3) is 0 Å². The van der Waals surface area contributed by atoms with Crippen LogP contribution in [0.5, 0.6) is 5.75 Å². The summed E-state index contributed by atoms with van der Waals surface area (Å²) >= 11 is 0. The average Bonchev–Trinajstić information content (AvgIpc) is 2.90. The van der Waals surface area contributed by atoms with Crippen molar-refractivity contribution in [3.63, 3.8) is 0 Å². The molecule has 0 bridgehead atoms. The number of aryl methyl sites for hydroxylation is 1. The van der Waals surface area contributed by atoms with E-state index in [1.807, 2.05) is 31.2 Å². The van der Waals surface area contributed by atoms with Crippen LogP contribution in [-0.4, -0.2) is 5.11 Å². The molecule has 0 aliphatic heterocycles. The lowest BCUT2D eigenvalue weighted by Gasteiger charge is -2.11. The zero-order chi connectivity index (χ0) is 14.4. The Morgan fingerprint density at radius 1 is 1.10 bits per heavy atom. The first kappa shape index (κ1) is 12.3. The number of allylic oxidation sites excluding steroid dienone is 4. The molecule has 0 saturated heterocycles. The van der Waals surface area contributed by atoms with Gasteiger partial charge in [-0.15, -0.1) is 0 Å². The van der Waals surface area contributed by atoms with E-state index >= 15 is 0 Å². The lowest BCUT2D eigenvalue weighted by Crippen LogP contribution is -1.89. The maximum absolute atomic E-state index is 10.5. The molecule has 3 aromatic rings. The second-order valence-electron chi connectivity index (χ2n) is 5.51. The zero-order valence-corrected chi connectivity index (χ0v) is 11.9. The van der Waals surface area contributed by atoms with Crippen LogP contribution in [0.4, 0.5) is 0 Å². The van der Waals surface area contributed by atoms with Crippen LogP contribution in [0.15, 0.2) is 53.0 Å². The highest BCUT2D eigenvalue weighted by Gasteiger charge is 2.17. The lowest BCUT2D eigenvalue weighted by atomic mass is 9.95. The molecule has 0 radical (unpaired) electrons. The molecule has 1 N–H and O–H groups in total. The molecular weight excluding hydrogens is 260 g/mol. The number of aromatic hydroxyl groups is 1. The Morgan fingerprint density at radius 2 is 1.95 bits per heavy atom. The SMILES string of the molecule is Cc1c(O)c(C2=CCCC=C2)cc2c1oc1ccccc12. The molecule has 0 unspecified atom stereocenters. The van der Waals surface area contributed by atoms with Gasteiger partial charge in [-0.1, -0.05) is 36.4 Å². The van der Waals surface area contributed by atoms with Gasteiger partial charge in [-0.2, -0.15) is 0 Å². The molecule has 1 heterocycles. The van der Waals surface area contributed by atoms with Crippen LogP contribution >= 0.6 is 0 Å².